The van der Waals surface area contributed by atoms with Crippen LogP contribution in [0, 0.1) is 23.7 Å². The summed E-state index contributed by atoms with van der Waals surface area (Å²) in [4.78, 5) is 38.1. The van der Waals surface area contributed by atoms with Crippen molar-refractivity contribution in [1.29, 1.82) is 0 Å². The summed E-state index contributed by atoms with van der Waals surface area (Å²) < 4.78 is 5.25. The van der Waals surface area contributed by atoms with Gasteiger partial charge >= 0.3 is 6.09 Å². The summed E-state index contributed by atoms with van der Waals surface area (Å²) in [6, 6.07) is 8.34. The first kappa shape index (κ1) is 27.7. The van der Waals surface area contributed by atoms with E-state index in [1.165, 1.54) is 0 Å². The second-order valence-electron chi connectivity index (χ2n) is 11.0. The molecule has 0 heterocycles. The largest absolute Gasteiger partial charge is 0.444 e. The van der Waals surface area contributed by atoms with Crippen molar-refractivity contribution in [3.05, 3.63) is 35.9 Å². The van der Waals surface area contributed by atoms with Crippen molar-refractivity contribution in [2.24, 2.45) is 23.7 Å². The Hall–Kier alpha value is -2.57. The van der Waals surface area contributed by atoms with Gasteiger partial charge in [0.2, 0.25) is 11.8 Å². The van der Waals surface area contributed by atoms with Crippen LogP contribution in [0.1, 0.15) is 79.3 Å². The smallest absolute Gasteiger partial charge is 0.408 e. The van der Waals surface area contributed by atoms with E-state index in [4.69, 9.17) is 4.74 Å². The van der Waals surface area contributed by atoms with E-state index in [0.29, 0.717) is 17.8 Å². The lowest BCUT2D eigenvalue weighted by Crippen LogP contribution is -2.49. The quantitative estimate of drug-likeness (QED) is 0.515. The Labute approximate surface area is 204 Å². The minimum atomic E-state index is -0.790. The summed E-state index contributed by atoms with van der Waals surface area (Å²) in [5.74, 6) is 1.06. The lowest BCUT2D eigenvalue weighted by atomic mass is 9.70. The van der Waals surface area contributed by atoms with Gasteiger partial charge in [0.15, 0.2) is 0 Å². The standard InChI is InChI=1S/C27H43N3O4/c1-17(2)21-14-13-18(3)15-22(21)25(32)28-16-23(20-11-9-8-10-12-20)30-24(31)19(4)29-26(33)34-27(5,6)7/h8-12,17-19,21-23H,13-16H2,1-7H3,(H,28,32)(H,29,33)(H,30,31)/t18-,19-,21+,22-,23-/m1/s1. The summed E-state index contributed by atoms with van der Waals surface area (Å²) in [6.07, 6.45) is 2.49. The lowest BCUT2D eigenvalue weighted by Gasteiger charge is -2.36. The van der Waals surface area contributed by atoms with E-state index in [-0.39, 0.29) is 24.3 Å². The maximum Gasteiger partial charge on any atom is 0.408 e. The molecular weight excluding hydrogens is 430 g/mol. The van der Waals surface area contributed by atoms with Crippen molar-refractivity contribution < 1.29 is 19.1 Å². The van der Waals surface area contributed by atoms with Gasteiger partial charge in [-0.25, -0.2) is 4.79 Å². The fourth-order valence-electron chi connectivity index (χ4n) is 4.62. The molecule has 0 radical (unpaired) electrons. The Morgan fingerprint density at radius 2 is 1.68 bits per heavy atom. The average Bonchev–Trinajstić information content (AvgIpc) is 2.75. The van der Waals surface area contributed by atoms with Gasteiger partial charge in [-0.05, 0) is 63.9 Å². The second-order valence-corrected chi connectivity index (χ2v) is 11.0. The molecule has 7 nitrogen and oxygen atoms in total. The van der Waals surface area contributed by atoms with Gasteiger partial charge in [-0.3, -0.25) is 9.59 Å². The predicted octanol–water partition coefficient (Wildman–Crippen LogP) is 4.58. The van der Waals surface area contributed by atoms with Crippen molar-refractivity contribution in [3.63, 3.8) is 0 Å². The molecular formula is C27H43N3O4. The van der Waals surface area contributed by atoms with Gasteiger partial charge in [0.05, 0.1) is 6.04 Å². The Bertz CT molecular complexity index is 819. The van der Waals surface area contributed by atoms with E-state index in [1.54, 1.807) is 27.7 Å². The number of hydrogen-bond acceptors (Lipinski definition) is 4. The van der Waals surface area contributed by atoms with Crippen molar-refractivity contribution >= 4 is 17.9 Å². The molecule has 5 atom stereocenters. The Morgan fingerprint density at radius 3 is 2.26 bits per heavy atom. The third-order valence-electron chi connectivity index (χ3n) is 6.48. The molecule has 190 valence electrons. The van der Waals surface area contributed by atoms with Gasteiger partial charge in [-0.2, -0.15) is 0 Å². The number of amides is 3. The van der Waals surface area contributed by atoms with Crippen LogP contribution in [0.2, 0.25) is 0 Å². The molecule has 34 heavy (non-hydrogen) atoms. The topological polar surface area (TPSA) is 96.5 Å². The van der Waals surface area contributed by atoms with Crippen LogP contribution in [-0.2, 0) is 14.3 Å². The molecule has 1 aliphatic rings. The molecule has 0 saturated heterocycles. The molecule has 1 fully saturated rings. The number of nitrogens with one attached hydrogen (secondary N) is 3. The number of benzene rings is 1. The minimum absolute atomic E-state index is 0.0105. The SMILES string of the molecule is CC(C)[C@@H]1CC[C@@H](C)C[C@H]1C(=O)NC[C@@H](NC(=O)[C@@H](C)NC(=O)OC(C)(C)C)c1ccccc1. The molecule has 3 N–H and O–H groups in total. The maximum absolute atomic E-state index is 13.2. The number of carbonyl (C=O) groups excluding carboxylic acids is 3. The normalized spacial score (nSPS) is 22.4. The van der Waals surface area contributed by atoms with Crippen LogP contribution in [0.3, 0.4) is 0 Å². The van der Waals surface area contributed by atoms with Gasteiger partial charge in [0.25, 0.3) is 0 Å². The average molecular weight is 474 g/mol. The number of rotatable bonds is 8. The first-order valence-corrected chi connectivity index (χ1v) is 12.5. The van der Waals surface area contributed by atoms with Gasteiger partial charge in [-0.15, -0.1) is 0 Å². The Morgan fingerprint density at radius 1 is 1.03 bits per heavy atom. The molecule has 1 aliphatic carbocycles. The summed E-state index contributed by atoms with van der Waals surface area (Å²) in [6.45, 7) is 13.8. The van der Waals surface area contributed by atoms with Gasteiger partial charge in [0.1, 0.15) is 11.6 Å². The molecule has 3 amide bonds. The molecule has 2 rings (SSSR count). The Balaban J connectivity index is 2.05. The first-order chi connectivity index (χ1) is 15.9. The fourth-order valence-corrected chi connectivity index (χ4v) is 4.62. The number of alkyl carbamates (subject to hydrolysis) is 1. The highest BCUT2D eigenvalue weighted by molar-refractivity contribution is 5.85. The summed E-state index contributed by atoms with van der Waals surface area (Å²) >= 11 is 0. The molecule has 1 saturated carbocycles. The van der Waals surface area contributed by atoms with Crippen molar-refractivity contribution in [2.45, 2.75) is 85.4 Å². The second kappa shape index (κ2) is 12.2. The molecule has 0 aliphatic heterocycles. The highest BCUT2D eigenvalue weighted by Crippen LogP contribution is 2.38. The molecule has 7 heteroatoms. The highest BCUT2D eigenvalue weighted by atomic mass is 16.6. The molecule has 1 aromatic rings. The third kappa shape index (κ3) is 8.65. The van der Waals surface area contributed by atoms with Gasteiger partial charge in [-0.1, -0.05) is 57.5 Å². The summed E-state index contributed by atoms with van der Waals surface area (Å²) in [5, 5.41) is 8.66. The zero-order chi connectivity index (χ0) is 25.5. The van der Waals surface area contributed by atoms with E-state index in [2.05, 4.69) is 36.7 Å². The van der Waals surface area contributed by atoms with Crippen LogP contribution in [0.25, 0.3) is 0 Å². The van der Waals surface area contributed by atoms with Crippen LogP contribution in [-0.4, -0.2) is 36.1 Å². The van der Waals surface area contributed by atoms with Crippen LogP contribution in [0.4, 0.5) is 4.79 Å². The Kier molecular flexibility index (Phi) is 9.95. The molecule has 0 spiro atoms. The van der Waals surface area contributed by atoms with E-state index in [0.717, 1.165) is 24.8 Å². The van der Waals surface area contributed by atoms with Gasteiger partial charge < -0.3 is 20.7 Å². The predicted molar refractivity (Wildman–Crippen MR) is 134 cm³/mol. The van der Waals surface area contributed by atoms with Crippen LogP contribution >= 0.6 is 0 Å². The molecule has 0 unspecified atom stereocenters. The zero-order valence-electron chi connectivity index (χ0n) is 21.8. The number of carbonyl (C=O) groups is 3. The molecule has 0 bridgehead atoms. The maximum atomic E-state index is 13.2. The molecule has 1 aromatic carbocycles. The summed E-state index contributed by atoms with van der Waals surface area (Å²) in [5.41, 5.74) is 0.236. The van der Waals surface area contributed by atoms with Crippen molar-refractivity contribution in [1.82, 2.24) is 16.0 Å². The number of hydrogen-bond donors (Lipinski definition) is 3. The van der Waals surface area contributed by atoms with Gasteiger partial charge in [0, 0.05) is 12.5 Å². The van der Waals surface area contributed by atoms with Crippen molar-refractivity contribution in [3.8, 4) is 0 Å². The number of ether oxygens (including phenoxy) is 1. The molecule has 0 aromatic heterocycles. The third-order valence-corrected chi connectivity index (χ3v) is 6.48. The lowest BCUT2D eigenvalue weighted by molar-refractivity contribution is -0.130. The fraction of sp³-hybridized carbons (Fsp3) is 0.667. The summed E-state index contributed by atoms with van der Waals surface area (Å²) in [7, 11) is 0. The zero-order valence-corrected chi connectivity index (χ0v) is 21.8. The van der Waals surface area contributed by atoms with E-state index in [1.807, 2.05) is 30.3 Å². The van der Waals surface area contributed by atoms with Crippen LogP contribution in [0.15, 0.2) is 30.3 Å². The first-order valence-electron chi connectivity index (χ1n) is 12.5. The highest BCUT2D eigenvalue weighted by Gasteiger charge is 2.35. The van der Waals surface area contributed by atoms with Crippen LogP contribution < -0.4 is 16.0 Å². The van der Waals surface area contributed by atoms with E-state index < -0.39 is 23.8 Å². The van der Waals surface area contributed by atoms with E-state index >= 15 is 0 Å². The van der Waals surface area contributed by atoms with Crippen molar-refractivity contribution in [2.75, 3.05) is 6.54 Å². The van der Waals surface area contributed by atoms with Crippen LogP contribution in [0.5, 0.6) is 0 Å². The van der Waals surface area contributed by atoms with E-state index in [9.17, 15) is 14.4 Å². The minimum Gasteiger partial charge on any atom is -0.444 e. The monoisotopic (exact) mass is 473 g/mol.